The van der Waals surface area contributed by atoms with E-state index in [-0.39, 0.29) is 0 Å². The molecular formula is C5H8N2. The Bertz CT molecular complexity index is 108. The van der Waals surface area contributed by atoms with Gasteiger partial charge >= 0.3 is 0 Å². The maximum absolute atomic E-state index is 8.11. The van der Waals surface area contributed by atoms with Crippen molar-refractivity contribution >= 4 is 0 Å². The lowest BCUT2D eigenvalue weighted by Gasteiger charge is -1.82. The SMILES string of the molecule is CN/C=C(/C)C#N. The number of hydrogen-bond donors (Lipinski definition) is 1. The lowest BCUT2D eigenvalue weighted by atomic mass is 10.4. The molecule has 0 aliphatic carbocycles. The van der Waals surface area contributed by atoms with E-state index in [4.69, 9.17) is 5.26 Å². The molecule has 0 spiro atoms. The largest absolute Gasteiger partial charge is 0.393 e. The molecule has 0 bridgehead atoms. The molecule has 0 aromatic rings. The molecule has 38 valence electrons. The average molecular weight is 96.1 g/mol. The van der Waals surface area contributed by atoms with Crippen LogP contribution in [0.1, 0.15) is 6.92 Å². The van der Waals surface area contributed by atoms with Crippen LogP contribution in [-0.2, 0) is 0 Å². The highest BCUT2D eigenvalue weighted by Gasteiger charge is 1.75. The highest BCUT2D eigenvalue weighted by molar-refractivity contribution is 5.15. The maximum Gasteiger partial charge on any atom is 0.0959 e. The Morgan fingerprint density at radius 1 is 1.86 bits per heavy atom. The zero-order chi connectivity index (χ0) is 5.70. The second-order valence-electron chi connectivity index (χ2n) is 1.23. The molecule has 2 heteroatoms. The van der Waals surface area contributed by atoms with Crippen LogP contribution in [-0.4, -0.2) is 7.05 Å². The Morgan fingerprint density at radius 2 is 2.43 bits per heavy atom. The van der Waals surface area contributed by atoms with Gasteiger partial charge in [0, 0.05) is 18.8 Å². The zero-order valence-corrected chi connectivity index (χ0v) is 4.52. The lowest BCUT2D eigenvalue weighted by molar-refractivity contribution is 1.08. The van der Waals surface area contributed by atoms with Gasteiger partial charge in [-0.3, -0.25) is 0 Å². The van der Waals surface area contributed by atoms with Crippen LogP contribution in [0, 0.1) is 11.3 Å². The molecule has 0 saturated carbocycles. The fourth-order valence-corrected chi connectivity index (χ4v) is 0.249. The third-order valence-corrected chi connectivity index (χ3v) is 0.537. The first-order chi connectivity index (χ1) is 3.31. The van der Waals surface area contributed by atoms with Crippen molar-refractivity contribution < 1.29 is 0 Å². The van der Waals surface area contributed by atoms with Gasteiger partial charge in [0.15, 0.2) is 0 Å². The summed E-state index contributed by atoms with van der Waals surface area (Å²) in [7, 11) is 1.76. The van der Waals surface area contributed by atoms with Crippen LogP contribution in [0.2, 0.25) is 0 Å². The van der Waals surface area contributed by atoms with E-state index in [2.05, 4.69) is 5.32 Å². The summed E-state index contributed by atoms with van der Waals surface area (Å²) in [5.74, 6) is 0. The summed E-state index contributed by atoms with van der Waals surface area (Å²) < 4.78 is 0. The Kier molecular flexibility index (Phi) is 2.78. The first-order valence-electron chi connectivity index (χ1n) is 2.05. The first-order valence-corrected chi connectivity index (χ1v) is 2.05. The van der Waals surface area contributed by atoms with Crippen LogP contribution in [0.15, 0.2) is 11.8 Å². The highest BCUT2D eigenvalue weighted by atomic mass is 14.8. The van der Waals surface area contributed by atoms with Crippen molar-refractivity contribution in [2.45, 2.75) is 6.92 Å². The van der Waals surface area contributed by atoms with E-state index < -0.39 is 0 Å². The highest BCUT2D eigenvalue weighted by Crippen LogP contribution is 1.81. The number of allylic oxidation sites excluding steroid dienone is 1. The van der Waals surface area contributed by atoms with Gasteiger partial charge in [0.05, 0.1) is 6.07 Å². The van der Waals surface area contributed by atoms with Crippen molar-refractivity contribution in [3.63, 3.8) is 0 Å². The third kappa shape index (κ3) is 2.84. The minimum atomic E-state index is 0.697. The van der Waals surface area contributed by atoms with E-state index in [9.17, 15) is 0 Å². The average Bonchev–Trinajstić information content (AvgIpc) is 1.68. The minimum Gasteiger partial charge on any atom is -0.393 e. The van der Waals surface area contributed by atoms with Gasteiger partial charge in [0.1, 0.15) is 0 Å². The van der Waals surface area contributed by atoms with Crippen molar-refractivity contribution in [3.8, 4) is 6.07 Å². The van der Waals surface area contributed by atoms with Crippen molar-refractivity contribution in [1.29, 1.82) is 5.26 Å². The summed E-state index contributed by atoms with van der Waals surface area (Å²) in [5.41, 5.74) is 0.697. The van der Waals surface area contributed by atoms with Crippen molar-refractivity contribution in [3.05, 3.63) is 11.8 Å². The Labute approximate surface area is 43.5 Å². The van der Waals surface area contributed by atoms with Gasteiger partial charge in [-0.05, 0) is 6.92 Å². The molecule has 0 radical (unpaired) electrons. The Hall–Kier alpha value is -0.970. The normalized spacial score (nSPS) is 10.1. The number of nitrogens with zero attached hydrogens (tertiary/aromatic N) is 1. The molecule has 0 heterocycles. The number of hydrogen-bond acceptors (Lipinski definition) is 2. The van der Waals surface area contributed by atoms with Crippen LogP contribution >= 0.6 is 0 Å². The van der Waals surface area contributed by atoms with E-state index in [1.807, 2.05) is 6.07 Å². The van der Waals surface area contributed by atoms with Gasteiger partial charge in [-0.25, -0.2) is 0 Å². The van der Waals surface area contributed by atoms with Crippen molar-refractivity contribution in [1.82, 2.24) is 5.32 Å². The molecule has 0 aliphatic heterocycles. The molecule has 0 atom stereocenters. The van der Waals surface area contributed by atoms with Gasteiger partial charge < -0.3 is 5.32 Å². The van der Waals surface area contributed by atoms with Gasteiger partial charge in [-0.1, -0.05) is 0 Å². The van der Waals surface area contributed by atoms with Crippen LogP contribution in [0.5, 0.6) is 0 Å². The zero-order valence-electron chi connectivity index (χ0n) is 4.52. The molecule has 0 aromatic carbocycles. The van der Waals surface area contributed by atoms with E-state index in [0.717, 1.165) is 0 Å². The third-order valence-electron chi connectivity index (χ3n) is 0.537. The van der Waals surface area contributed by atoms with Crippen LogP contribution in [0.4, 0.5) is 0 Å². The summed E-state index contributed by atoms with van der Waals surface area (Å²) in [4.78, 5) is 0. The number of rotatable bonds is 1. The van der Waals surface area contributed by atoms with Gasteiger partial charge in [-0.2, -0.15) is 5.26 Å². The Balaban J connectivity index is 3.57. The molecule has 0 saturated heterocycles. The minimum absolute atomic E-state index is 0.697. The smallest absolute Gasteiger partial charge is 0.0959 e. The second kappa shape index (κ2) is 3.23. The van der Waals surface area contributed by atoms with E-state index in [1.165, 1.54) is 0 Å². The van der Waals surface area contributed by atoms with Gasteiger partial charge in [0.2, 0.25) is 0 Å². The summed E-state index contributed by atoms with van der Waals surface area (Å²) in [5, 5.41) is 10.8. The molecule has 0 fully saturated rings. The molecular weight excluding hydrogens is 88.1 g/mol. The second-order valence-corrected chi connectivity index (χ2v) is 1.23. The molecule has 0 rings (SSSR count). The maximum atomic E-state index is 8.11. The predicted octanol–water partition coefficient (Wildman–Crippen LogP) is 0.633. The fraction of sp³-hybridized carbons (Fsp3) is 0.400. The summed E-state index contributed by atoms with van der Waals surface area (Å²) >= 11 is 0. The molecule has 0 unspecified atom stereocenters. The molecule has 0 aromatic heterocycles. The summed E-state index contributed by atoms with van der Waals surface area (Å²) in [6.07, 6.45) is 1.65. The Morgan fingerprint density at radius 3 is 2.57 bits per heavy atom. The predicted molar refractivity (Wildman–Crippen MR) is 28.4 cm³/mol. The quantitative estimate of drug-likeness (QED) is 0.486. The van der Waals surface area contributed by atoms with Crippen LogP contribution in [0.3, 0.4) is 0 Å². The van der Waals surface area contributed by atoms with E-state index in [0.29, 0.717) is 5.57 Å². The monoisotopic (exact) mass is 96.1 g/mol. The van der Waals surface area contributed by atoms with Crippen molar-refractivity contribution in [2.24, 2.45) is 0 Å². The molecule has 0 aliphatic rings. The van der Waals surface area contributed by atoms with E-state index >= 15 is 0 Å². The topological polar surface area (TPSA) is 35.8 Å². The molecule has 1 N–H and O–H groups in total. The lowest BCUT2D eigenvalue weighted by Crippen LogP contribution is -1.92. The van der Waals surface area contributed by atoms with Gasteiger partial charge in [0.25, 0.3) is 0 Å². The molecule has 0 amide bonds. The van der Waals surface area contributed by atoms with Gasteiger partial charge in [-0.15, -0.1) is 0 Å². The summed E-state index contributed by atoms with van der Waals surface area (Å²) in [6, 6.07) is 1.96. The first kappa shape index (κ1) is 6.03. The van der Waals surface area contributed by atoms with Crippen LogP contribution in [0.25, 0.3) is 0 Å². The number of nitrogens with one attached hydrogen (secondary N) is 1. The van der Waals surface area contributed by atoms with Crippen molar-refractivity contribution in [2.75, 3.05) is 7.05 Å². The van der Waals surface area contributed by atoms with Crippen LogP contribution < -0.4 is 5.32 Å². The molecule has 2 nitrogen and oxygen atoms in total. The standard InChI is InChI=1S/C5H8N2/c1-5(3-6)4-7-2/h4,7H,1-2H3/b5-4-. The number of nitriles is 1. The summed E-state index contributed by atoms with van der Waals surface area (Å²) in [6.45, 7) is 1.75. The fourth-order valence-electron chi connectivity index (χ4n) is 0.249. The van der Waals surface area contributed by atoms with E-state index in [1.54, 1.807) is 20.2 Å². The molecule has 7 heavy (non-hydrogen) atoms.